The van der Waals surface area contributed by atoms with Crippen molar-refractivity contribution in [2.75, 3.05) is 0 Å². The summed E-state index contributed by atoms with van der Waals surface area (Å²) in [5.41, 5.74) is 0. The molecule has 1 N–H and O–H groups in total. The number of carbonyl (C=O) groups excluding carboxylic acids is 1. The Morgan fingerprint density at radius 1 is 1.50 bits per heavy atom. The Morgan fingerprint density at radius 2 is 2.17 bits per heavy atom. The summed E-state index contributed by atoms with van der Waals surface area (Å²) in [6.45, 7) is 5.39. The number of alkyl halides is 1. The number of ketones is 1. The maximum atomic E-state index is 13.3. The Balaban J connectivity index is 2.66. The molecule has 0 saturated heterocycles. The smallest absolute Gasteiger partial charge is 0.162 e. The Bertz CT molecular complexity index is 310. The van der Waals surface area contributed by atoms with Crippen molar-refractivity contribution in [3.8, 4) is 0 Å². The summed E-state index contributed by atoms with van der Waals surface area (Å²) in [4.78, 5) is 12.0. The van der Waals surface area contributed by atoms with Crippen LogP contribution >= 0.6 is 0 Å². The van der Waals surface area contributed by atoms with Crippen LogP contribution in [0.1, 0.15) is 52.9 Å². The second-order valence-corrected chi connectivity index (χ2v) is 5.63. The summed E-state index contributed by atoms with van der Waals surface area (Å²) in [7, 11) is 0. The third-order valence-electron chi connectivity index (χ3n) is 4.00. The minimum atomic E-state index is -1.12. The van der Waals surface area contributed by atoms with Gasteiger partial charge in [0.2, 0.25) is 0 Å². The first-order valence-corrected chi connectivity index (χ1v) is 7.04. The van der Waals surface area contributed by atoms with E-state index in [4.69, 9.17) is 0 Å². The van der Waals surface area contributed by atoms with Gasteiger partial charge in [0.15, 0.2) is 5.78 Å². The van der Waals surface area contributed by atoms with E-state index in [9.17, 15) is 14.3 Å². The van der Waals surface area contributed by atoms with Gasteiger partial charge < -0.3 is 5.11 Å². The van der Waals surface area contributed by atoms with E-state index in [1.165, 1.54) is 19.4 Å². The molecule has 1 rings (SSSR count). The highest BCUT2D eigenvalue weighted by Gasteiger charge is 2.26. The van der Waals surface area contributed by atoms with E-state index in [0.29, 0.717) is 12.3 Å². The Hall–Kier alpha value is -0.860. The first-order valence-electron chi connectivity index (χ1n) is 7.04. The lowest BCUT2D eigenvalue weighted by Crippen LogP contribution is -2.22. The number of aliphatic hydroxyl groups is 1. The Labute approximate surface area is 109 Å². The van der Waals surface area contributed by atoms with Crippen LogP contribution in [0.25, 0.3) is 0 Å². The van der Waals surface area contributed by atoms with Crippen molar-refractivity contribution in [3.05, 3.63) is 11.8 Å². The van der Waals surface area contributed by atoms with Crippen molar-refractivity contribution < 1.29 is 14.3 Å². The topological polar surface area (TPSA) is 37.3 Å². The number of hydrogen-bond donors (Lipinski definition) is 1. The van der Waals surface area contributed by atoms with Gasteiger partial charge in [-0.2, -0.15) is 0 Å². The molecule has 0 heterocycles. The zero-order valence-electron chi connectivity index (χ0n) is 11.7. The number of carbonyl (C=O) groups is 1. The first-order chi connectivity index (χ1) is 8.45. The largest absolute Gasteiger partial charge is 0.512 e. The van der Waals surface area contributed by atoms with Crippen LogP contribution in [0, 0.1) is 17.8 Å². The van der Waals surface area contributed by atoms with Gasteiger partial charge in [0, 0.05) is 17.9 Å². The van der Waals surface area contributed by atoms with E-state index in [2.05, 4.69) is 6.92 Å². The van der Waals surface area contributed by atoms with Crippen LogP contribution in [-0.4, -0.2) is 17.1 Å². The van der Waals surface area contributed by atoms with E-state index < -0.39 is 12.1 Å². The van der Waals surface area contributed by atoms with E-state index >= 15 is 0 Å². The van der Waals surface area contributed by atoms with Crippen LogP contribution in [0.5, 0.6) is 0 Å². The first kappa shape index (κ1) is 15.2. The molecule has 0 aromatic heterocycles. The number of allylic oxidation sites excluding steroid dienone is 2. The van der Waals surface area contributed by atoms with E-state index in [0.717, 1.165) is 19.3 Å². The standard InChI is InChI=1S/C15H25FO2/c1-4-13(11(3)16)15(18)9-14(17)12-7-5-6-10(2)8-12/h9-13,18H,4-8H2,1-3H3. The van der Waals surface area contributed by atoms with Crippen LogP contribution in [0.3, 0.4) is 0 Å². The van der Waals surface area contributed by atoms with Crippen molar-refractivity contribution in [2.45, 2.75) is 59.0 Å². The van der Waals surface area contributed by atoms with Gasteiger partial charge in [-0.15, -0.1) is 0 Å². The average Bonchev–Trinajstić information content (AvgIpc) is 2.29. The molecular weight excluding hydrogens is 231 g/mol. The molecule has 0 aliphatic heterocycles. The predicted molar refractivity (Wildman–Crippen MR) is 71.2 cm³/mol. The second-order valence-electron chi connectivity index (χ2n) is 5.63. The number of hydrogen-bond acceptors (Lipinski definition) is 2. The van der Waals surface area contributed by atoms with Crippen molar-refractivity contribution in [1.82, 2.24) is 0 Å². The lowest BCUT2D eigenvalue weighted by atomic mass is 9.80. The molecule has 0 bridgehead atoms. The third-order valence-corrected chi connectivity index (χ3v) is 4.00. The summed E-state index contributed by atoms with van der Waals surface area (Å²) < 4.78 is 13.3. The molecule has 4 atom stereocenters. The normalized spacial score (nSPS) is 28.8. The summed E-state index contributed by atoms with van der Waals surface area (Å²) >= 11 is 0. The zero-order valence-corrected chi connectivity index (χ0v) is 11.7. The molecule has 2 nitrogen and oxygen atoms in total. The predicted octanol–water partition coefficient (Wildman–Crippen LogP) is 4.21. The minimum absolute atomic E-state index is 0.0170. The lowest BCUT2D eigenvalue weighted by Gasteiger charge is -2.25. The van der Waals surface area contributed by atoms with Crippen LogP contribution in [-0.2, 0) is 4.79 Å². The maximum Gasteiger partial charge on any atom is 0.162 e. The van der Waals surface area contributed by atoms with E-state index in [1.807, 2.05) is 6.92 Å². The van der Waals surface area contributed by atoms with Crippen LogP contribution < -0.4 is 0 Å². The van der Waals surface area contributed by atoms with Gasteiger partial charge in [0.05, 0.1) is 0 Å². The third kappa shape index (κ3) is 4.11. The summed E-state index contributed by atoms with van der Waals surface area (Å²) in [5, 5.41) is 9.85. The van der Waals surface area contributed by atoms with Gasteiger partial charge in [0.1, 0.15) is 11.9 Å². The lowest BCUT2D eigenvalue weighted by molar-refractivity contribution is -0.119. The summed E-state index contributed by atoms with van der Waals surface area (Å²) in [6.07, 6.45) is 4.70. The summed E-state index contributed by atoms with van der Waals surface area (Å²) in [5.74, 6) is -0.0718. The van der Waals surface area contributed by atoms with Crippen LogP contribution in [0.4, 0.5) is 4.39 Å². The molecule has 0 aromatic carbocycles. The van der Waals surface area contributed by atoms with Crippen molar-refractivity contribution in [1.29, 1.82) is 0 Å². The van der Waals surface area contributed by atoms with Gasteiger partial charge in [-0.3, -0.25) is 4.79 Å². The average molecular weight is 256 g/mol. The van der Waals surface area contributed by atoms with Crippen molar-refractivity contribution >= 4 is 5.78 Å². The fourth-order valence-electron chi connectivity index (χ4n) is 2.83. The molecule has 1 saturated carbocycles. The van der Waals surface area contributed by atoms with E-state index in [-0.39, 0.29) is 17.5 Å². The van der Waals surface area contributed by atoms with E-state index in [1.54, 1.807) is 0 Å². The van der Waals surface area contributed by atoms with Crippen LogP contribution in [0.2, 0.25) is 0 Å². The minimum Gasteiger partial charge on any atom is -0.512 e. The molecule has 1 aliphatic carbocycles. The SMILES string of the molecule is CCC(C(O)=CC(=O)C1CCCC(C)C1)C(C)F. The van der Waals surface area contributed by atoms with Gasteiger partial charge in [-0.25, -0.2) is 4.39 Å². The number of rotatable bonds is 5. The number of aliphatic hydroxyl groups excluding tert-OH is 1. The van der Waals surface area contributed by atoms with Crippen molar-refractivity contribution in [2.24, 2.45) is 17.8 Å². The monoisotopic (exact) mass is 256 g/mol. The molecule has 18 heavy (non-hydrogen) atoms. The summed E-state index contributed by atoms with van der Waals surface area (Å²) in [6, 6.07) is 0. The fraction of sp³-hybridized carbons (Fsp3) is 0.800. The molecule has 1 fully saturated rings. The second kappa shape index (κ2) is 6.91. The molecule has 0 amide bonds. The maximum absolute atomic E-state index is 13.3. The molecule has 3 heteroatoms. The van der Waals surface area contributed by atoms with Crippen LogP contribution in [0.15, 0.2) is 11.8 Å². The highest BCUT2D eigenvalue weighted by Crippen LogP contribution is 2.30. The highest BCUT2D eigenvalue weighted by atomic mass is 19.1. The van der Waals surface area contributed by atoms with Gasteiger partial charge in [0.25, 0.3) is 0 Å². The zero-order chi connectivity index (χ0) is 13.7. The number of halogens is 1. The van der Waals surface area contributed by atoms with Gasteiger partial charge in [-0.05, 0) is 32.1 Å². The molecular formula is C15H25FO2. The Morgan fingerprint density at radius 3 is 2.67 bits per heavy atom. The molecule has 104 valence electrons. The fourth-order valence-corrected chi connectivity index (χ4v) is 2.83. The quantitative estimate of drug-likeness (QED) is 0.591. The molecule has 1 aliphatic rings. The Kier molecular flexibility index (Phi) is 5.83. The van der Waals surface area contributed by atoms with Crippen molar-refractivity contribution in [3.63, 3.8) is 0 Å². The highest BCUT2D eigenvalue weighted by molar-refractivity contribution is 5.92. The molecule has 0 spiro atoms. The van der Waals surface area contributed by atoms with Gasteiger partial charge >= 0.3 is 0 Å². The molecule has 0 aromatic rings. The van der Waals surface area contributed by atoms with Gasteiger partial charge in [-0.1, -0.05) is 26.7 Å². The molecule has 4 unspecified atom stereocenters. The molecule has 0 radical (unpaired) electrons.